The van der Waals surface area contributed by atoms with Gasteiger partial charge in [-0.2, -0.15) is 0 Å². The fourth-order valence-corrected chi connectivity index (χ4v) is 1.71. The largest absolute Gasteiger partial charge is 0.472 e. The first-order valence-electron chi connectivity index (χ1n) is 6.02. The van der Waals surface area contributed by atoms with Crippen molar-refractivity contribution < 1.29 is 13.9 Å². The quantitative estimate of drug-likeness (QED) is 0.801. The molecule has 5 heteroatoms. The Bertz CT molecular complexity index is 665. The Balaban J connectivity index is 2.23. The Hall–Kier alpha value is -2.61. The van der Waals surface area contributed by atoms with Gasteiger partial charge in [0.2, 0.25) is 5.88 Å². The fraction of sp³-hybridized carbons (Fsp3) is 0.200. The number of hydrogen-bond donors (Lipinski definition) is 0. The average molecular weight is 272 g/mol. The Labute approximate surface area is 116 Å². The summed E-state index contributed by atoms with van der Waals surface area (Å²) in [5, 5.41) is 8.55. The first-order valence-corrected chi connectivity index (χ1v) is 6.02. The van der Waals surface area contributed by atoms with Crippen molar-refractivity contribution in [3.8, 4) is 17.9 Å². The minimum absolute atomic E-state index is 0.0546. The number of aromatic nitrogens is 1. The number of benzene rings is 1. The Kier molecular flexibility index (Phi) is 4.16. The summed E-state index contributed by atoms with van der Waals surface area (Å²) in [7, 11) is 0. The smallest absolute Gasteiger partial charge is 0.292 e. The topological polar surface area (TPSA) is 55.1 Å². The van der Waals surface area contributed by atoms with Crippen LogP contribution in [0.5, 0.6) is 11.6 Å². The molecule has 0 amide bonds. The van der Waals surface area contributed by atoms with Crippen molar-refractivity contribution in [1.82, 2.24) is 4.98 Å². The fourth-order valence-electron chi connectivity index (χ4n) is 1.71. The van der Waals surface area contributed by atoms with Crippen molar-refractivity contribution in [1.29, 1.82) is 5.26 Å². The second kappa shape index (κ2) is 6.02. The van der Waals surface area contributed by atoms with E-state index >= 15 is 0 Å². The predicted molar refractivity (Wildman–Crippen MR) is 70.7 cm³/mol. The summed E-state index contributed by atoms with van der Waals surface area (Å²) < 4.78 is 24.0. The molecule has 0 radical (unpaired) electrons. The van der Waals surface area contributed by atoms with E-state index in [9.17, 15) is 4.39 Å². The number of hydrogen-bond acceptors (Lipinski definition) is 4. The molecule has 0 N–H and O–H groups in total. The molecule has 0 aliphatic heterocycles. The van der Waals surface area contributed by atoms with Crippen LogP contribution in [0.1, 0.15) is 16.8 Å². The third-order valence-electron chi connectivity index (χ3n) is 2.77. The van der Waals surface area contributed by atoms with E-state index in [1.807, 2.05) is 26.0 Å². The summed E-state index contributed by atoms with van der Waals surface area (Å²) in [4.78, 5) is 4.24. The molecule has 0 saturated carbocycles. The minimum Gasteiger partial charge on any atom is -0.472 e. The molecule has 0 aliphatic carbocycles. The molecule has 20 heavy (non-hydrogen) atoms. The van der Waals surface area contributed by atoms with Crippen molar-refractivity contribution in [2.75, 3.05) is 0 Å². The predicted octanol–water partition coefficient (Wildman–Crippen LogP) is 3.28. The van der Waals surface area contributed by atoms with Crippen LogP contribution < -0.4 is 9.47 Å². The third kappa shape index (κ3) is 3.04. The van der Waals surface area contributed by atoms with Gasteiger partial charge in [-0.3, -0.25) is 0 Å². The van der Waals surface area contributed by atoms with Crippen LogP contribution in [0.2, 0.25) is 0 Å². The first-order chi connectivity index (χ1) is 9.61. The molecular weight excluding hydrogens is 259 g/mol. The van der Waals surface area contributed by atoms with E-state index in [1.54, 1.807) is 0 Å². The van der Waals surface area contributed by atoms with Gasteiger partial charge in [0.25, 0.3) is 6.26 Å². The van der Waals surface area contributed by atoms with Crippen LogP contribution in [0.15, 0.2) is 30.3 Å². The van der Waals surface area contributed by atoms with Crippen LogP contribution in [0.25, 0.3) is 0 Å². The summed E-state index contributed by atoms with van der Waals surface area (Å²) in [6.45, 7) is 3.65. The number of nitrogens with zero attached hydrogens (tertiary/aromatic N) is 2. The zero-order valence-corrected chi connectivity index (χ0v) is 11.2. The summed E-state index contributed by atoms with van der Waals surface area (Å²) in [6, 6.07) is 8.03. The molecule has 0 aliphatic rings. The monoisotopic (exact) mass is 272 g/mol. The molecule has 0 unspecified atom stereocenters. The number of halogens is 1. The van der Waals surface area contributed by atoms with Gasteiger partial charge in [0.15, 0.2) is 5.75 Å². The van der Waals surface area contributed by atoms with Crippen LogP contribution >= 0.6 is 0 Å². The minimum atomic E-state index is -0.483. The van der Waals surface area contributed by atoms with Gasteiger partial charge < -0.3 is 9.47 Å². The number of rotatable bonds is 4. The summed E-state index contributed by atoms with van der Waals surface area (Å²) in [5.41, 5.74) is 1.86. The Morgan fingerprint density at radius 1 is 1.25 bits per heavy atom. The van der Waals surface area contributed by atoms with E-state index in [0.717, 1.165) is 11.3 Å². The zero-order valence-electron chi connectivity index (χ0n) is 11.2. The molecule has 1 aromatic carbocycles. The molecule has 0 fully saturated rings. The van der Waals surface area contributed by atoms with Crippen LogP contribution in [0, 0.1) is 31.2 Å². The maximum atomic E-state index is 13.8. The number of ether oxygens (including phenoxy) is 2. The summed E-state index contributed by atoms with van der Waals surface area (Å²) in [6.07, 6.45) is 1.53. The number of aryl methyl sites for hydroxylation is 2. The summed E-state index contributed by atoms with van der Waals surface area (Å²) >= 11 is 0. The van der Waals surface area contributed by atoms with Crippen molar-refractivity contribution >= 4 is 0 Å². The molecule has 1 aromatic heterocycles. The number of nitriles is 1. The Morgan fingerprint density at radius 2 is 2.05 bits per heavy atom. The highest BCUT2D eigenvalue weighted by atomic mass is 19.1. The highest BCUT2D eigenvalue weighted by Crippen LogP contribution is 2.24. The van der Waals surface area contributed by atoms with Crippen LogP contribution in [-0.2, 0) is 6.61 Å². The van der Waals surface area contributed by atoms with Gasteiger partial charge in [0, 0.05) is 11.3 Å². The van der Waals surface area contributed by atoms with E-state index in [0.29, 0.717) is 5.88 Å². The lowest BCUT2D eigenvalue weighted by Crippen LogP contribution is -2.04. The normalized spacial score (nSPS) is 9.90. The lowest BCUT2D eigenvalue weighted by Gasteiger charge is -2.11. The second-order valence-corrected chi connectivity index (χ2v) is 4.27. The number of pyridine rings is 1. The van der Waals surface area contributed by atoms with Gasteiger partial charge in [-0.15, -0.1) is 5.26 Å². The second-order valence-electron chi connectivity index (χ2n) is 4.27. The van der Waals surface area contributed by atoms with E-state index in [2.05, 4.69) is 4.98 Å². The molecule has 0 saturated heterocycles. The molecule has 1 heterocycles. The van der Waals surface area contributed by atoms with Gasteiger partial charge in [-0.05, 0) is 32.0 Å². The maximum Gasteiger partial charge on any atom is 0.292 e. The standard InChI is InChI=1S/C15H13FN2O2/c1-10-6-7-11(2)18-15(10)19-8-12-13(16)4-3-5-14(12)20-9-17/h3-7H,8H2,1-2H3. The van der Waals surface area contributed by atoms with Gasteiger partial charge in [-0.1, -0.05) is 12.1 Å². The van der Waals surface area contributed by atoms with Crippen molar-refractivity contribution in [3.05, 3.63) is 53.0 Å². The SMILES string of the molecule is Cc1ccc(C)c(OCc2c(F)cccc2OC#N)n1. The van der Waals surface area contributed by atoms with Crippen molar-refractivity contribution in [3.63, 3.8) is 0 Å². The molecule has 0 spiro atoms. The average Bonchev–Trinajstić information content (AvgIpc) is 2.42. The molecule has 102 valence electrons. The van der Waals surface area contributed by atoms with Gasteiger partial charge in [0.1, 0.15) is 12.4 Å². The van der Waals surface area contributed by atoms with Crippen LogP contribution in [0.4, 0.5) is 4.39 Å². The molecule has 0 atom stereocenters. The van der Waals surface area contributed by atoms with E-state index < -0.39 is 5.82 Å². The molecule has 2 rings (SSSR count). The van der Waals surface area contributed by atoms with Gasteiger partial charge in [-0.25, -0.2) is 9.37 Å². The van der Waals surface area contributed by atoms with E-state index in [-0.39, 0.29) is 17.9 Å². The highest BCUT2D eigenvalue weighted by molar-refractivity contribution is 5.35. The van der Waals surface area contributed by atoms with E-state index in [4.69, 9.17) is 14.7 Å². The van der Waals surface area contributed by atoms with Gasteiger partial charge in [0.05, 0.1) is 5.56 Å². The molecule has 4 nitrogen and oxygen atoms in total. The third-order valence-corrected chi connectivity index (χ3v) is 2.77. The van der Waals surface area contributed by atoms with E-state index in [1.165, 1.54) is 24.5 Å². The lowest BCUT2D eigenvalue weighted by molar-refractivity contribution is 0.280. The van der Waals surface area contributed by atoms with Crippen molar-refractivity contribution in [2.24, 2.45) is 0 Å². The zero-order chi connectivity index (χ0) is 14.5. The highest BCUT2D eigenvalue weighted by Gasteiger charge is 2.12. The van der Waals surface area contributed by atoms with Crippen LogP contribution in [0.3, 0.4) is 0 Å². The summed E-state index contributed by atoms with van der Waals surface area (Å²) in [5.74, 6) is 0.108. The lowest BCUT2D eigenvalue weighted by atomic mass is 10.2. The molecule has 0 bridgehead atoms. The van der Waals surface area contributed by atoms with Crippen LogP contribution in [-0.4, -0.2) is 4.98 Å². The van der Waals surface area contributed by atoms with Gasteiger partial charge >= 0.3 is 0 Å². The Morgan fingerprint density at radius 3 is 2.80 bits per heavy atom. The molecular formula is C15H13FN2O2. The van der Waals surface area contributed by atoms with Crippen molar-refractivity contribution in [2.45, 2.75) is 20.5 Å². The maximum absolute atomic E-state index is 13.8. The molecule has 2 aromatic rings. The first kappa shape index (κ1) is 13.8.